The molecular formula is C23H20ClF4N3O4. The molecule has 35 heavy (non-hydrogen) atoms. The van der Waals surface area contributed by atoms with E-state index in [4.69, 9.17) is 26.2 Å². The Balaban J connectivity index is 0.000000429. The minimum atomic E-state index is -5.08. The Kier molecular flexibility index (Phi) is 8.47. The maximum Gasteiger partial charge on any atom is 0.490 e. The molecule has 2 heterocycles. The molecule has 4 rings (SSSR count). The summed E-state index contributed by atoms with van der Waals surface area (Å²) in [7, 11) is 0. The highest BCUT2D eigenvalue weighted by Gasteiger charge is 2.38. The Morgan fingerprint density at radius 1 is 1.20 bits per heavy atom. The lowest BCUT2D eigenvalue weighted by molar-refractivity contribution is -0.192. The van der Waals surface area contributed by atoms with E-state index < -0.39 is 18.0 Å². The first-order chi connectivity index (χ1) is 16.5. The van der Waals surface area contributed by atoms with Crippen molar-refractivity contribution in [2.45, 2.75) is 25.2 Å². The quantitative estimate of drug-likeness (QED) is 0.493. The van der Waals surface area contributed by atoms with Crippen molar-refractivity contribution in [2.24, 2.45) is 0 Å². The summed E-state index contributed by atoms with van der Waals surface area (Å²) >= 11 is 5.96. The summed E-state index contributed by atoms with van der Waals surface area (Å²) in [6, 6.07) is 13.8. The number of aromatic nitrogens is 2. The number of hydrogen-bond acceptors (Lipinski definition) is 4. The maximum absolute atomic E-state index is 13.2. The number of carboxylic acids is 1. The van der Waals surface area contributed by atoms with Crippen LogP contribution in [0, 0.1) is 5.82 Å². The van der Waals surface area contributed by atoms with Crippen molar-refractivity contribution in [3.63, 3.8) is 0 Å². The second-order valence-electron chi connectivity index (χ2n) is 7.47. The molecule has 3 aromatic rings. The van der Waals surface area contributed by atoms with E-state index in [0.717, 1.165) is 23.7 Å². The van der Waals surface area contributed by atoms with E-state index in [1.54, 1.807) is 0 Å². The number of halogens is 5. The van der Waals surface area contributed by atoms with Gasteiger partial charge in [0.15, 0.2) is 0 Å². The number of alkyl halides is 3. The summed E-state index contributed by atoms with van der Waals surface area (Å²) < 4.78 is 52.6. The third kappa shape index (κ3) is 7.27. The van der Waals surface area contributed by atoms with Crippen molar-refractivity contribution in [2.75, 3.05) is 13.2 Å². The van der Waals surface area contributed by atoms with Crippen molar-refractivity contribution in [1.29, 1.82) is 0 Å². The number of amides is 1. The molecule has 12 heteroatoms. The number of hydrogen-bond donors (Lipinski definition) is 2. The van der Waals surface area contributed by atoms with Crippen molar-refractivity contribution in [3.05, 3.63) is 88.0 Å². The van der Waals surface area contributed by atoms with Crippen LogP contribution in [-0.2, 0) is 22.5 Å². The van der Waals surface area contributed by atoms with Crippen LogP contribution < -0.4 is 5.32 Å². The molecule has 1 amide bonds. The third-order valence-electron chi connectivity index (χ3n) is 4.92. The van der Waals surface area contributed by atoms with Crippen LogP contribution in [0.2, 0.25) is 5.02 Å². The minimum absolute atomic E-state index is 0.0786. The average molecular weight is 514 g/mol. The summed E-state index contributed by atoms with van der Waals surface area (Å²) in [5.41, 5.74) is 3.36. The monoisotopic (exact) mass is 513 g/mol. The molecule has 0 bridgehead atoms. The van der Waals surface area contributed by atoms with Gasteiger partial charge in [-0.25, -0.2) is 9.18 Å². The fourth-order valence-corrected chi connectivity index (χ4v) is 3.55. The van der Waals surface area contributed by atoms with Gasteiger partial charge in [0.25, 0.3) is 5.91 Å². The van der Waals surface area contributed by atoms with E-state index in [2.05, 4.69) is 22.5 Å². The Morgan fingerprint density at radius 3 is 2.51 bits per heavy atom. The molecule has 1 atom stereocenters. The van der Waals surface area contributed by atoms with E-state index in [0.29, 0.717) is 13.2 Å². The van der Waals surface area contributed by atoms with Crippen LogP contribution in [0.1, 0.15) is 33.3 Å². The number of aliphatic carboxylic acids is 1. The highest BCUT2D eigenvalue weighted by atomic mass is 35.5. The Bertz CT molecular complexity index is 1190. The number of rotatable bonds is 5. The first-order valence-corrected chi connectivity index (χ1v) is 10.7. The maximum atomic E-state index is 13.2. The van der Waals surface area contributed by atoms with Gasteiger partial charge in [0.2, 0.25) is 0 Å². The summed E-state index contributed by atoms with van der Waals surface area (Å²) in [6.45, 7) is 1.52. The summed E-state index contributed by atoms with van der Waals surface area (Å²) in [4.78, 5) is 21.3. The van der Waals surface area contributed by atoms with E-state index in [1.165, 1.54) is 17.7 Å². The molecule has 1 unspecified atom stereocenters. The summed E-state index contributed by atoms with van der Waals surface area (Å²) in [5.74, 6) is -3.61. The smallest absolute Gasteiger partial charge is 0.475 e. The summed E-state index contributed by atoms with van der Waals surface area (Å²) in [5, 5.41) is 14.7. The van der Waals surface area contributed by atoms with Gasteiger partial charge in [-0.2, -0.15) is 18.3 Å². The minimum Gasteiger partial charge on any atom is -0.475 e. The van der Waals surface area contributed by atoms with Crippen LogP contribution in [0.4, 0.5) is 17.6 Å². The average Bonchev–Trinajstić information content (AvgIpc) is 3.21. The molecule has 1 aliphatic heterocycles. The van der Waals surface area contributed by atoms with Gasteiger partial charge >= 0.3 is 12.1 Å². The lowest BCUT2D eigenvalue weighted by atomic mass is 10.1. The van der Waals surface area contributed by atoms with Gasteiger partial charge in [-0.15, -0.1) is 0 Å². The molecule has 1 aromatic heterocycles. The van der Waals surface area contributed by atoms with E-state index in [9.17, 15) is 22.4 Å². The molecule has 2 N–H and O–H groups in total. The molecule has 2 aromatic carbocycles. The number of fused-ring (bicyclic) bond motifs is 1. The molecule has 0 fully saturated rings. The molecule has 7 nitrogen and oxygen atoms in total. The molecular weight excluding hydrogens is 494 g/mol. The van der Waals surface area contributed by atoms with E-state index in [1.807, 2.05) is 29.1 Å². The van der Waals surface area contributed by atoms with Gasteiger partial charge in [0.05, 0.1) is 29.4 Å². The molecule has 1 aliphatic rings. The topological polar surface area (TPSA) is 93.5 Å². The predicted octanol–water partition coefficient (Wildman–Crippen LogP) is 4.40. The number of ether oxygens (including phenoxy) is 1. The van der Waals surface area contributed by atoms with Gasteiger partial charge in [-0.05, 0) is 35.7 Å². The Labute approximate surface area is 202 Å². The highest BCUT2D eigenvalue weighted by Crippen LogP contribution is 2.26. The van der Waals surface area contributed by atoms with Crippen LogP contribution >= 0.6 is 11.6 Å². The van der Waals surface area contributed by atoms with Crippen LogP contribution in [-0.4, -0.2) is 46.1 Å². The van der Waals surface area contributed by atoms with Gasteiger partial charge in [0.1, 0.15) is 11.9 Å². The summed E-state index contributed by atoms with van der Waals surface area (Å²) in [6.07, 6.45) is -2.58. The highest BCUT2D eigenvalue weighted by molar-refractivity contribution is 6.33. The second-order valence-corrected chi connectivity index (χ2v) is 7.88. The van der Waals surface area contributed by atoms with Crippen molar-refractivity contribution >= 4 is 23.5 Å². The normalized spacial score (nSPS) is 14.9. The van der Waals surface area contributed by atoms with Crippen LogP contribution in [0.15, 0.2) is 54.7 Å². The van der Waals surface area contributed by atoms with Crippen LogP contribution in [0.25, 0.3) is 0 Å². The SMILES string of the molecule is O=C(NCC1OCCc2cn(Cc3ccccc3)nc21)c1ccc(F)cc1Cl.O=C(O)C(F)(F)F. The molecule has 0 saturated heterocycles. The van der Waals surface area contributed by atoms with Gasteiger partial charge in [-0.1, -0.05) is 41.9 Å². The second kappa shape index (κ2) is 11.3. The van der Waals surface area contributed by atoms with Crippen LogP contribution in [0.5, 0.6) is 0 Å². The molecule has 0 saturated carbocycles. The Hall–Kier alpha value is -3.44. The number of carbonyl (C=O) groups excluding carboxylic acids is 1. The number of nitrogens with one attached hydrogen (secondary N) is 1. The zero-order chi connectivity index (χ0) is 25.6. The first-order valence-electron chi connectivity index (χ1n) is 10.3. The fourth-order valence-electron chi connectivity index (χ4n) is 3.29. The number of carbonyl (C=O) groups is 2. The van der Waals surface area contributed by atoms with Crippen LogP contribution in [0.3, 0.4) is 0 Å². The first kappa shape index (κ1) is 26.2. The van der Waals surface area contributed by atoms with Gasteiger partial charge in [0, 0.05) is 12.7 Å². The van der Waals surface area contributed by atoms with E-state index >= 15 is 0 Å². The molecule has 0 spiro atoms. The molecule has 0 aliphatic carbocycles. The predicted molar refractivity (Wildman–Crippen MR) is 118 cm³/mol. The van der Waals surface area contributed by atoms with Crippen molar-refractivity contribution in [1.82, 2.24) is 15.1 Å². The third-order valence-corrected chi connectivity index (χ3v) is 5.23. The zero-order valence-electron chi connectivity index (χ0n) is 18.1. The van der Waals surface area contributed by atoms with E-state index in [-0.39, 0.29) is 29.1 Å². The largest absolute Gasteiger partial charge is 0.490 e. The lowest BCUT2D eigenvalue weighted by Gasteiger charge is -2.22. The number of nitrogens with zero attached hydrogens (tertiary/aromatic N) is 2. The Morgan fingerprint density at radius 2 is 1.89 bits per heavy atom. The standard InChI is InChI=1S/C21H19ClFN3O2.C2HF3O2/c22-18-10-16(23)6-7-17(18)21(27)24-11-19-20-15(8-9-28-19)13-26(25-20)12-14-4-2-1-3-5-14;3-2(4,5)1(6)7/h1-7,10,13,19H,8-9,11-12H2,(H,24,27);(H,6,7). The number of benzene rings is 2. The van der Waals surface area contributed by atoms with Crippen molar-refractivity contribution in [3.8, 4) is 0 Å². The zero-order valence-corrected chi connectivity index (χ0v) is 18.8. The van der Waals surface area contributed by atoms with Gasteiger partial charge in [-0.3, -0.25) is 9.48 Å². The molecule has 186 valence electrons. The lowest BCUT2D eigenvalue weighted by Crippen LogP contribution is -2.32. The fraction of sp³-hybridized carbons (Fsp3) is 0.261. The molecule has 0 radical (unpaired) electrons. The van der Waals surface area contributed by atoms with Gasteiger partial charge < -0.3 is 15.2 Å². The van der Waals surface area contributed by atoms with Crippen molar-refractivity contribution < 1.29 is 37.0 Å². The number of carboxylic acid groups (broad SMARTS) is 1.